The third kappa shape index (κ3) is 4.88. The molecular weight excluding hydrogens is 448 g/mol. The van der Waals surface area contributed by atoms with Crippen molar-refractivity contribution in [2.75, 3.05) is 5.73 Å². The lowest BCUT2D eigenvalue weighted by Gasteiger charge is -2.38. The van der Waals surface area contributed by atoms with Gasteiger partial charge in [-0.05, 0) is 90.1 Å². The Morgan fingerprint density at radius 1 is 0.973 bits per heavy atom. The fourth-order valence-electron chi connectivity index (χ4n) is 5.16. The van der Waals surface area contributed by atoms with Gasteiger partial charge >= 0.3 is 0 Å². The molecule has 1 atom stereocenters. The second-order valence-corrected chi connectivity index (χ2v) is 9.68. The van der Waals surface area contributed by atoms with Gasteiger partial charge in [0.2, 0.25) is 0 Å². The first kappa shape index (κ1) is 25.8. The van der Waals surface area contributed by atoms with Gasteiger partial charge in [-0.15, -0.1) is 0 Å². The van der Waals surface area contributed by atoms with Crippen LogP contribution in [0.4, 0.5) is 5.69 Å². The van der Waals surface area contributed by atoms with Crippen LogP contribution in [0.15, 0.2) is 128 Å². The molecule has 0 aliphatic heterocycles. The third-order valence-corrected chi connectivity index (χ3v) is 7.08. The Kier molecular flexibility index (Phi) is 7.50. The second kappa shape index (κ2) is 10.8. The Bertz CT molecular complexity index is 1430. The van der Waals surface area contributed by atoms with E-state index in [1.54, 1.807) is 0 Å². The number of nitrogens with two attached hydrogens (primary N) is 1. The van der Waals surface area contributed by atoms with Crippen molar-refractivity contribution in [2.45, 2.75) is 32.7 Å². The van der Waals surface area contributed by atoms with Gasteiger partial charge in [-0.25, -0.2) is 0 Å². The molecule has 0 heterocycles. The lowest BCUT2D eigenvalue weighted by molar-refractivity contribution is 0.532. The molecule has 2 nitrogen and oxygen atoms in total. The quantitative estimate of drug-likeness (QED) is 0.235. The van der Waals surface area contributed by atoms with Gasteiger partial charge in [0.1, 0.15) is 5.54 Å². The zero-order valence-electron chi connectivity index (χ0n) is 22.1. The Labute approximate surface area is 221 Å². The zero-order valence-corrected chi connectivity index (χ0v) is 22.1. The molecule has 0 aromatic heterocycles. The molecule has 2 heteroatoms. The van der Waals surface area contributed by atoms with Crippen molar-refractivity contribution in [3.63, 3.8) is 0 Å². The Hall–Kier alpha value is -4.30. The van der Waals surface area contributed by atoms with E-state index < -0.39 is 5.54 Å². The van der Waals surface area contributed by atoms with Crippen molar-refractivity contribution < 1.29 is 0 Å². The average Bonchev–Trinajstić information content (AvgIpc) is 3.40. The lowest BCUT2D eigenvalue weighted by atomic mass is 9.75. The van der Waals surface area contributed by atoms with E-state index in [1.807, 2.05) is 38.3 Å². The van der Waals surface area contributed by atoms with E-state index in [-0.39, 0.29) is 0 Å². The fourth-order valence-corrected chi connectivity index (χ4v) is 5.16. The van der Waals surface area contributed by atoms with Crippen LogP contribution in [0.1, 0.15) is 42.5 Å². The van der Waals surface area contributed by atoms with Gasteiger partial charge in [0, 0.05) is 11.3 Å². The first-order valence-corrected chi connectivity index (χ1v) is 12.6. The van der Waals surface area contributed by atoms with Gasteiger partial charge in [-0.2, -0.15) is 0 Å². The number of benzene rings is 3. The summed E-state index contributed by atoms with van der Waals surface area (Å²) in [5.41, 5.74) is 17.8. The predicted molar refractivity (Wildman–Crippen MR) is 162 cm³/mol. The van der Waals surface area contributed by atoms with E-state index in [2.05, 4.69) is 105 Å². The van der Waals surface area contributed by atoms with Gasteiger partial charge in [-0.3, -0.25) is 0 Å². The molecule has 3 N–H and O–H groups in total. The standard InChI is InChI=1S/C35H36N2/c1-7-20-37-35(26(6)8-2,30-12-10-9-11-13-30)31-19-18-28(21-31)29-22-32(27-16-14-25(5)15-17-27)34(24(3)4)33(36)23-29/h7-20,22-23,37H,2-3,6,21,36H2,1,4-5H3/b20-7-. The SMILES string of the molecule is C=CC(=C)C(N/C=C\C)(C1=CC=C(c2cc(N)c(C(=C)C)c(-c3ccc(C)cc3)c2)C1)c1ccccc1. The smallest absolute Gasteiger partial charge is 0.109 e. The van der Waals surface area contributed by atoms with E-state index >= 15 is 0 Å². The lowest BCUT2D eigenvalue weighted by Crippen LogP contribution is -2.42. The Balaban J connectivity index is 1.79. The van der Waals surface area contributed by atoms with Crippen LogP contribution >= 0.6 is 0 Å². The molecule has 3 aromatic carbocycles. The van der Waals surface area contributed by atoms with Crippen LogP contribution in [-0.4, -0.2) is 0 Å². The minimum Gasteiger partial charge on any atom is -0.398 e. The Morgan fingerprint density at radius 2 is 1.68 bits per heavy atom. The molecule has 3 aromatic rings. The monoisotopic (exact) mass is 484 g/mol. The van der Waals surface area contributed by atoms with Crippen molar-refractivity contribution >= 4 is 16.8 Å². The molecule has 1 aliphatic carbocycles. The first-order chi connectivity index (χ1) is 17.8. The highest BCUT2D eigenvalue weighted by Gasteiger charge is 2.38. The van der Waals surface area contributed by atoms with Gasteiger partial charge in [0.25, 0.3) is 0 Å². The normalized spacial score (nSPS) is 14.6. The molecule has 4 rings (SSSR count). The maximum Gasteiger partial charge on any atom is 0.109 e. The molecule has 0 saturated heterocycles. The minimum absolute atomic E-state index is 0.600. The number of rotatable bonds is 9. The predicted octanol–water partition coefficient (Wildman–Crippen LogP) is 8.75. The molecule has 1 unspecified atom stereocenters. The van der Waals surface area contributed by atoms with E-state index in [4.69, 9.17) is 5.73 Å². The molecule has 0 saturated carbocycles. The number of hydrogen-bond acceptors (Lipinski definition) is 2. The first-order valence-electron chi connectivity index (χ1n) is 12.6. The highest BCUT2D eigenvalue weighted by atomic mass is 15.0. The summed E-state index contributed by atoms with van der Waals surface area (Å²) < 4.78 is 0. The van der Waals surface area contributed by atoms with Gasteiger partial charge < -0.3 is 11.1 Å². The maximum atomic E-state index is 6.65. The zero-order chi connectivity index (χ0) is 26.6. The number of nitrogens with one attached hydrogen (secondary N) is 1. The largest absolute Gasteiger partial charge is 0.398 e. The van der Waals surface area contributed by atoms with Gasteiger partial charge in [0.15, 0.2) is 0 Å². The van der Waals surface area contributed by atoms with Gasteiger partial charge in [-0.1, -0.05) is 104 Å². The minimum atomic E-state index is -0.600. The molecular formula is C35H36N2. The summed E-state index contributed by atoms with van der Waals surface area (Å²) in [5.74, 6) is 0. The number of anilines is 1. The molecule has 186 valence electrons. The Morgan fingerprint density at radius 3 is 2.30 bits per heavy atom. The maximum absolute atomic E-state index is 6.65. The summed E-state index contributed by atoms with van der Waals surface area (Å²) in [7, 11) is 0. The van der Waals surface area contributed by atoms with Crippen LogP contribution in [0, 0.1) is 6.92 Å². The second-order valence-electron chi connectivity index (χ2n) is 9.68. The molecule has 1 aliphatic rings. The molecule has 0 bridgehead atoms. The molecule has 0 radical (unpaired) electrons. The van der Waals surface area contributed by atoms with E-state index in [0.717, 1.165) is 51.1 Å². The van der Waals surface area contributed by atoms with Crippen LogP contribution in [-0.2, 0) is 5.54 Å². The summed E-state index contributed by atoms with van der Waals surface area (Å²) in [5, 5.41) is 3.65. The van der Waals surface area contributed by atoms with E-state index in [9.17, 15) is 0 Å². The molecule has 0 amide bonds. The summed E-state index contributed by atoms with van der Waals surface area (Å²) >= 11 is 0. The van der Waals surface area contributed by atoms with Crippen LogP contribution < -0.4 is 11.1 Å². The van der Waals surface area contributed by atoms with Crippen LogP contribution in [0.2, 0.25) is 0 Å². The molecule has 0 fully saturated rings. The fraction of sp³-hybridized carbons (Fsp3) is 0.143. The van der Waals surface area contributed by atoms with Gasteiger partial charge in [0.05, 0.1) is 0 Å². The van der Waals surface area contributed by atoms with Crippen molar-refractivity contribution in [2.24, 2.45) is 0 Å². The van der Waals surface area contributed by atoms with Crippen molar-refractivity contribution in [1.82, 2.24) is 5.32 Å². The molecule has 0 spiro atoms. The third-order valence-electron chi connectivity index (χ3n) is 7.08. The summed E-state index contributed by atoms with van der Waals surface area (Å²) in [6.07, 6.45) is 11.0. The highest BCUT2D eigenvalue weighted by Crippen LogP contribution is 2.45. The van der Waals surface area contributed by atoms with Crippen molar-refractivity contribution in [3.05, 3.63) is 150 Å². The van der Waals surface area contributed by atoms with E-state index in [0.29, 0.717) is 0 Å². The average molecular weight is 485 g/mol. The van der Waals surface area contributed by atoms with Crippen LogP contribution in [0.5, 0.6) is 0 Å². The highest BCUT2D eigenvalue weighted by molar-refractivity contribution is 5.90. The number of aryl methyl sites for hydroxylation is 1. The van der Waals surface area contributed by atoms with Crippen LogP contribution in [0.3, 0.4) is 0 Å². The van der Waals surface area contributed by atoms with E-state index in [1.165, 1.54) is 16.7 Å². The summed E-state index contributed by atoms with van der Waals surface area (Å²) in [4.78, 5) is 0. The van der Waals surface area contributed by atoms with Crippen molar-refractivity contribution in [1.29, 1.82) is 0 Å². The number of hydrogen-bond donors (Lipinski definition) is 2. The number of allylic oxidation sites excluding steroid dienone is 5. The molecule has 37 heavy (non-hydrogen) atoms. The topological polar surface area (TPSA) is 38.0 Å². The van der Waals surface area contributed by atoms with Crippen molar-refractivity contribution in [3.8, 4) is 11.1 Å². The van der Waals surface area contributed by atoms with Crippen LogP contribution in [0.25, 0.3) is 22.3 Å². The number of nitrogen functional groups attached to an aromatic ring is 1. The summed E-state index contributed by atoms with van der Waals surface area (Å²) in [6, 6.07) is 23.3. The summed E-state index contributed by atoms with van der Waals surface area (Å²) in [6.45, 7) is 18.8.